The van der Waals surface area contributed by atoms with Gasteiger partial charge in [0.2, 0.25) is 5.28 Å². The van der Waals surface area contributed by atoms with E-state index in [1.807, 2.05) is 11.5 Å². The number of halogens is 2. The molecule has 0 saturated carbocycles. The number of fused-ring (bicyclic) bond motifs is 1. The van der Waals surface area contributed by atoms with Crippen molar-refractivity contribution in [3.05, 3.63) is 11.6 Å². The number of imidazole rings is 1. The lowest BCUT2D eigenvalue weighted by Gasteiger charge is -2.12. The van der Waals surface area contributed by atoms with E-state index in [-0.39, 0.29) is 17.7 Å². The van der Waals surface area contributed by atoms with E-state index in [4.69, 9.17) is 11.6 Å². The number of aryl methyl sites for hydroxylation is 1. The summed E-state index contributed by atoms with van der Waals surface area (Å²) in [6.07, 6.45) is 2.85. The van der Waals surface area contributed by atoms with E-state index < -0.39 is 0 Å². The van der Waals surface area contributed by atoms with Crippen LogP contribution in [0.2, 0.25) is 5.28 Å². The molecule has 0 bridgehead atoms. The third kappa shape index (κ3) is 2.75. The first kappa shape index (κ1) is 14.3. The molecule has 1 atom stereocenters. The SMILES string of the molecule is CCn1cnc2c(N[C@H]3CCNC3)nc(Cl)nc21.Cl. The van der Waals surface area contributed by atoms with Crippen molar-refractivity contribution in [2.45, 2.75) is 25.9 Å². The van der Waals surface area contributed by atoms with Crippen LogP contribution in [0.1, 0.15) is 13.3 Å². The summed E-state index contributed by atoms with van der Waals surface area (Å²) < 4.78 is 1.96. The van der Waals surface area contributed by atoms with Crippen LogP contribution in [0.4, 0.5) is 5.82 Å². The van der Waals surface area contributed by atoms with Gasteiger partial charge in [-0.05, 0) is 31.5 Å². The quantitative estimate of drug-likeness (QED) is 0.845. The number of hydrogen-bond donors (Lipinski definition) is 2. The fraction of sp³-hybridized carbons (Fsp3) is 0.545. The van der Waals surface area contributed by atoms with Crippen molar-refractivity contribution in [2.75, 3.05) is 18.4 Å². The largest absolute Gasteiger partial charge is 0.364 e. The third-order valence-electron chi connectivity index (χ3n) is 3.18. The fourth-order valence-corrected chi connectivity index (χ4v) is 2.39. The number of aromatic nitrogens is 4. The number of hydrogen-bond acceptors (Lipinski definition) is 5. The Balaban J connectivity index is 0.00000133. The summed E-state index contributed by atoms with van der Waals surface area (Å²) in [7, 11) is 0. The Morgan fingerprint density at radius 1 is 1.53 bits per heavy atom. The highest BCUT2D eigenvalue weighted by Gasteiger charge is 2.18. The summed E-state index contributed by atoms with van der Waals surface area (Å²) >= 11 is 5.98. The van der Waals surface area contributed by atoms with Gasteiger partial charge in [-0.15, -0.1) is 12.4 Å². The maximum absolute atomic E-state index is 5.98. The van der Waals surface area contributed by atoms with Crippen molar-refractivity contribution in [1.82, 2.24) is 24.8 Å². The molecular formula is C11H16Cl2N6. The molecule has 6 nitrogen and oxygen atoms in total. The summed E-state index contributed by atoms with van der Waals surface area (Å²) in [6.45, 7) is 4.83. The summed E-state index contributed by atoms with van der Waals surface area (Å²) in [5.74, 6) is 0.728. The lowest BCUT2D eigenvalue weighted by Crippen LogP contribution is -2.23. The molecule has 8 heteroatoms. The van der Waals surface area contributed by atoms with Crippen LogP contribution in [0.15, 0.2) is 6.33 Å². The zero-order valence-corrected chi connectivity index (χ0v) is 12.1. The molecule has 0 radical (unpaired) electrons. The van der Waals surface area contributed by atoms with Crippen molar-refractivity contribution >= 4 is 41.0 Å². The smallest absolute Gasteiger partial charge is 0.226 e. The molecule has 2 aromatic rings. The molecule has 19 heavy (non-hydrogen) atoms. The van der Waals surface area contributed by atoms with Gasteiger partial charge >= 0.3 is 0 Å². The second-order valence-electron chi connectivity index (χ2n) is 4.38. The molecular weight excluding hydrogens is 287 g/mol. The molecule has 3 rings (SSSR count). The minimum atomic E-state index is 0. The molecule has 2 N–H and O–H groups in total. The van der Waals surface area contributed by atoms with Crippen LogP contribution in [-0.4, -0.2) is 38.7 Å². The molecule has 0 aromatic carbocycles. The summed E-state index contributed by atoms with van der Waals surface area (Å²) in [5.41, 5.74) is 1.57. The molecule has 104 valence electrons. The molecule has 0 spiro atoms. The van der Waals surface area contributed by atoms with Gasteiger partial charge in [0.25, 0.3) is 0 Å². The van der Waals surface area contributed by atoms with Crippen molar-refractivity contribution in [3.63, 3.8) is 0 Å². The van der Waals surface area contributed by atoms with Crippen LogP contribution in [0.3, 0.4) is 0 Å². The zero-order valence-electron chi connectivity index (χ0n) is 10.6. The number of nitrogens with one attached hydrogen (secondary N) is 2. The Bertz CT molecular complexity index is 564. The lowest BCUT2D eigenvalue weighted by atomic mass is 10.2. The maximum Gasteiger partial charge on any atom is 0.226 e. The highest BCUT2D eigenvalue weighted by Crippen LogP contribution is 2.22. The minimum Gasteiger partial charge on any atom is -0.364 e. The van der Waals surface area contributed by atoms with Crippen LogP contribution in [-0.2, 0) is 6.54 Å². The first-order chi connectivity index (χ1) is 8.78. The standard InChI is InChI=1S/C11H15ClN6.ClH/c1-2-18-6-14-8-9(15-7-3-4-13-5-7)16-11(12)17-10(8)18;/h6-7,13H,2-5H2,1H3,(H,15,16,17);1H/t7-;/m0./s1. The van der Waals surface area contributed by atoms with Crippen molar-refractivity contribution in [3.8, 4) is 0 Å². The normalized spacial score (nSPS) is 18.5. The van der Waals surface area contributed by atoms with E-state index in [0.29, 0.717) is 6.04 Å². The average molecular weight is 303 g/mol. The predicted octanol–water partition coefficient (Wildman–Crippen LogP) is 1.70. The van der Waals surface area contributed by atoms with Gasteiger partial charge in [0.05, 0.1) is 6.33 Å². The minimum absolute atomic E-state index is 0. The van der Waals surface area contributed by atoms with Crippen molar-refractivity contribution in [2.24, 2.45) is 0 Å². The van der Waals surface area contributed by atoms with Gasteiger partial charge in [-0.3, -0.25) is 0 Å². The third-order valence-corrected chi connectivity index (χ3v) is 3.35. The van der Waals surface area contributed by atoms with Crippen LogP contribution in [0.25, 0.3) is 11.2 Å². The average Bonchev–Trinajstić information content (AvgIpc) is 2.97. The Kier molecular flexibility index (Phi) is 4.44. The molecule has 1 aliphatic rings. The maximum atomic E-state index is 5.98. The molecule has 0 aliphatic carbocycles. The highest BCUT2D eigenvalue weighted by molar-refractivity contribution is 6.28. The number of anilines is 1. The topological polar surface area (TPSA) is 67.7 Å². The van der Waals surface area contributed by atoms with Gasteiger partial charge in [0.1, 0.15) is 0 Å². The zero-order chi connectivity index (χ0) is 12.5. The molecule has 3 heterocycles. The number of rotatable bonds is 3. The monoisotopic (exact) mass is 302 g/mol. The van der Waals surface area contributed by atoms with E-state index in [0.717, 1.165) is 43.0 Å². The molecule has 0 unspecified atom stereocenters. The summed E-state index contributed by atoms with van der Waals surface area (Å²) in [4.78, 5) is 12.9. The van der Waals surface area contributed by atoms with Gasteiger partial charge in [0, 0.05) is 19.1 Å². The van der Waals surface area contributed by atoms with Crippen LogP contribution >= 0.6 is 24.0 Å². The second kappa shape index (κ2) is 5.90. The van der Waals surface area contributed by atoms with E-state index in [9.17, 15) is 0 Å². The lowest BCUT2D eigenvalue weighted by molar-refractivity contribution is 0.776. The molecule has 1 fully saturated rings. The van der Waals surface area contributed by atoms with Gasteiger partial charge in [-0.25, -0.2) is 4.98 Å². The van der Waals surface area contributed by atoms with E-state index in [2.05, 4.69) is 25.6 Å². The van der Waals surface area contributed by atoms with Crippen LogP contribution in [0, 0.1) is 0 Å². The second-order valence-corrected chi connectivity index (χ2v) is 4.72. The van der Waals surface area contributed by atoms with Crippen LogP contribution < -0.4 is 10.6 Å². The fourth-order valence-electron chi connectivity index (χ4n) is 2.22. The summed E-state index contributed by atoms with van der Waals surface area (Å²) in [5, 5.41) is 6.95. The Morgan fingerprint density at radius 3 is 3.05 bits per heavy atom. The van der Waals surface area contributed by atoms with E-state index in [1.165, 1.54) is 0 Å². The molecule has 2 aromatic heterocycles. The first-order valence-electron chi connectivity index (χ1n) is 6.13. The van der Waals surface area contributed by atoms with Crippen molar-refractivity contribution in [1.29, 1.82) is 0 Å². The Labute approximate surface area is 122 Å². The predicted molar refractivity (Wildman–Crippen MR) is 78.2 cm³/mol. The van der Waals surface area contributed by atoms with E-state index >= 15 is 0 Å². The van der Waals surface area contributed by atoms with Gasteiger partial charge in [0.15, 0.2) is 17.0 Å². The molecule has 1 aliphatic heterocycles. The Hall–Kier alpha value is -1.11. The van der Waals surface area contributed by atoms with Crippen molar-refractivity contribution < 1.29 is 0 Å². The Morgan fingerprint density at radius 2 is 2.37 bits per heavy atom. The van der Waals surface area contributed by atoms with Crippen LogP contribution in [0.5, 0.6) is 0 Å². The van der Waals surface area contributed by atoms with Gasteiger partial charge < -0.3 is 15.2 Å². The molecule has 1 saturated heterocycles. The molecule has 0 amide bonds. The summed E-state index contributed by atoms with van der Waals surface area (Å²) in [6, 6.07) is 0.381. The first-order valence-corrected chi connectivity index (χ1v) is 6.51. The number of nitrogens with zero attached hydrogens (tertiary/aromatic N) is 4. The van der Waals surface area contributed by atoms with Gasteiger partial charge in [-0.1, -0.05) is 0 Å². The van der Waals surface area contributed by atoms with E-state index in [1.54, 1.807) is 6.33 Å². The van der Waals surface area contributed by atoms with Gasteiger partial charge in [-0.2, -0.15) is 9.97 Å². The highest BCUT2D eigenvalue weighted by atomic mass is 35.5.